The first kappa shape index (κ1) is 28.5. The van der Waals surface area contributed by atoms with E-state index in [1.54, 1.807) is 77.0 Å². The number of aromatic nitrogens is 3. The Hall–Kier alpha value is -3.69. The average molecular weight is 501 g/mol. The van der Waals surface area contributed by atoms with Gasteiger partial charge in [-0.25, -0.2) is 29.3 Å². The van der Waals surface area contributed by atoms with Gasteiger partial charge in [0.05, 0.1) is 18.4 Å². The lowest BCUT2D eigenvalue weighted by Gasteiger charge is -2.29. The summed E-state index contributed by atoms with van der Waals surface area (Å²) in [6, 6.07) is 5.47. The number of pyridine rings is 1. The first-order valence-electron chi connectivity index (χ1n) is 11.7. The van der Waals surface area contributed by atoms with Crippen LogP contribution in [0.2, 0.25) is 0 Å². The Morgan fingerprint density at radius 3 is 2.14 bits per heavy atom. The van der Waals surface area contributed by atoms with Crippen molar-refractivity contribution >= 4 is 23.7 Å². The molecule has 2 amide bonds. The van der Waals surface area contributed by atoms with Crippen LogP contribution in [0.15, 0.2) is 43.0 Å². The van der Waals surface area contributed by atoms with Crippen molar-refractivity contribution in [3.8, 4) is 5.82 Å². The minimum atomic E-state index is -0.796. The van der Waals surface area contributed by atoms with Gasteiger partial charge in [-0.2, -0.15) is 0 Å². The maximum atomic E-state index is 12.8. The van der Waals surface area contributed by atoms with Gasteiger partial charge in [-0.1, -0.05) is 19.1 Å². The lowest BCUT2D eigenvalue weighted by atomic mass is 10.0. The van der Waals surface area contributed by atoms with Gasteiger partial charge in [0.25, 0.3) is 0 Å². The van der Waals surface area contributed by atoms with Crippen molar-refractivity contribution in [1.29, 1.82) is 0 Å². The van der Waals surface area contributed by atoms with Crippen molar-refractivity contribution < 1.29 is 28.6 Å². The molecule has 0 saturated carbocycles. The Balaban J connectivity index is 2.23. The van der Waals surface area contributed by atoms with E-state index in [4.69, 9.17) is 14.2 Å². The van der Waals surface area contributed by atoms with Gasteiger partial charge in [-0.3, -0.25) is 4.57 Å². The molecule has 0 fully saturated rings. The summed E-state index contributed by atoms with van der Waals surface area (Å²) >= 11 is 0. The van der Waals surface area contributed by atoms with E-state index >= 15 is 0 Å². The van der Waals surface area contributed by atoms with Gasteiger partial charge in [0.2, 0.25) is 0 Å². The van der Waals surface area contributed by atoms with Crippen molar-refractivity contribution in [1.82, 2.24) is 19.4 Å². The molecular weight excluding hydrogens is 464 g/mol. The van der Waals surface area contributed by atoms with Gasteiger partial charge < -0.3 is 14.2 Å². The number of imidazole rings is 1. The summed E-state index contributed by atoms with van der Waals surface area (Å²) in [5.41, 5.74) is -0.897. The van der Waals surface area contributed by atoms with Crippen molar-refractivity contribution in [3.63, 3.8) is 0 Å². The van der Waals surface area contributed by atoms with Crippen molar-refractivity contribution in [2.75, 3.05) is 13.7 Å². The largest absolute Gasteiger partial charge is 0.465 e. The number of methoxy groups -OCH3 is 1. The Kier molecular flexibility index (Phi) is 9.38. The van der Waals surface area contributed by atoms with E-state index in [0.717, 1.165) is 4.90 Å². The van der Waals surface area contributed by atoms with Crippen molar-refractivity contribution in [2.24, 2.45) is 5.92 Å². The molecule has 2 aromatic heterocycles. The van der Waals surface area contributed by atoms with E-state index in [2.05, 4.69) is 9.97 Å². The number of hydrogen-bond acceptors (Lipinski definition) is 8. The van der Waals surface area contributed by atoms with Gasteiger partial charge in [-0.15, -0.1) is 0 Å². The van der Waals surface area contributed by atoms with Gasteiger partial charge in [-0.05, 0) is 66.0 Å². The van der Waals surface area contributed by atoms with Crippen LogP contribution in [0, 0.1) is 5.92 Å². The van der Waals surface area contributed by atoms with Gasteiger partial charge in [0.1, 0.15) is 23.3 Å². The number of rotatable bonds is 7. The summed E-state index contributed by atoms with van der Waals surface area (Å²) in [5.74, 6) is -0.133. The molecule has 10 heteroatoms. The summed E-state index contributed by atoms with van der Waals surface area (Å²) in [6.45, 7) is 12.2. The SMILES string of the molecule is COC(=O)C(=CC[C@@H](C)CN(C(=O)OC(C)(C)C)C(=O)OC(C)(C)C)c1cn(-c2ccccn2)cn1. The fourth-order valence-corrected chi connectivity index (χ4v) is 3.06. The third kappa shape index (κ3) is 8.83. The molecule has 2 heterocycles. The molecule has 0 radical (unpaired) electrons. The third-order valence-electron chi connectivity index (χ3n) is 4.62. The zero-order chi connectivity index (χ0) is 27.1. The predicted molar refractivity (Wildman–Crippen MR) is 134 cm³/mol. The predicted octanol–water partition coefficient (Wildman–Crippen LogP) is 5.02. The topological polar surface area (TPSA) is 113 Å². The second-order valence-electron chi connectivity index (χ2n) is 10.4. The quantitative estimate of drug-likeness (QED) is 0.296. The van der Waals surface area contributed by atoms with E-state index in [0.29, 0.717) is 17.9 Å². The average Bonchev–Trinajstić information content (AvgIpc) is 3.25. The van der Waals surface area contributed by atoms with Crippen LogP contribution in [0.1, 0.15) is 60.6 Å². The second-order valence-corrected chi connectivity index (χ2v) is 10.4. The third-order valence-corrected chi connectivity index (χ3v) is 4.62. The van der Waals surface area contributed by atoms with Crippen LogP contribution >= 0.6 is 0 Å². The fourth-order valence-electron chi connectivity index (χ4n) is 3.06. The van der Waals surface area contributed by atoms with E-state index < -0.39 is 29.4 Å². The molecule has 2 rings (SSSR count). The highest BCUT2D eigenvalue weighted by Gasteiger charge is 2.32. The number of allylic oxidation sites excluding steroid dienone is 1. The first-order valence-corrected chi connectivity index (χ1v) is 11.7. The molecule has 0 bridgehead atoms. The van der Waals surface area contributed by atoms with Crippen LogP contribution in [0.4, 0.5) is 9.59 Å². The highest BCUT2D eigenvalue weighted by Crippen LogP contribution is 2.21. The first-order chi connectivity index (χ1) is 16.7. The Labute approximate surface area is 212 Å². The number of esters is 1. The summed E-state index contributed by atoms with van der Waals surface area (Å²) in [5, 5.41) is 0. The maximum Gasteiger partial charge on any atom is 0.419 e. The van der Waals surface area contributed by atoms with Crippen LogP contribution in [0.25, 0.3) is 11.4 Å². The molecule has 1 atom stereocenters. The number of ether oxygens (including phenoxy) is 3. The molecule has 0 aliphatic carbocycles. The second kappa shape index (κ2) is 11.8. The smallest absolute Gasteiger partial charge is 0.419 e. The minimum Gasteiger partial charge on any atom is -0.465 e. The van der Waals surface area contributed by atoms with Crippen LogP contribution in [0.3, 0.4) is 0 Å². The molecule has 2 aromatic rings. The number of carbonyl (C=O) groups is 3. The monoisotopic (exact) mass is 500 g/mol. The number of carbonyl (C=O) groups excluding carboxylic acids is 3. The summed E-state index contributed by atoms with van der Waals surface area (Å²) < 4.78 is 17.5. The van der Waals surface area contributed by atoms with Crippen LogP contribution in [-0.4, -0.2) is 62.4 Å². The van der Waals surface area contributed by atoms with E-state index in [9.17, 15) is 14.4 Å². The maximum absolute atomic E-state index is 12.8. The standard InChI is InChI=1S/C26H36N4O6/c1-18(15-30(23(32)35-25(2,3)4)24(33)36-26(5,6)7)12-13-19(22(31)34-8)20-16-29(17-28-20)21-11-9-10-14-27-21/h9-11,13-14,16-18H,12,15H2,1-8H3/t18-/m1/s1. The molecule has 196 valence electrons. The lowest BCUT2D eigenvalue weighted by Crippen LogP contribution is -2.45. The highest BCUT2D eigenvalue weighted by atomic mass is 16.6. The molecule has 0 spiro atoms. The number of hydrogen-bond donors (Lipinski definition) is 0. The fraction of sp³-hybridized carbons (Fsp3) is 0.500. The van der Waals surface area contributed by atoms with Gasteiger partial charge >= 0.3 is 18.2 Å². The molecule has 0 aliphatic rings. The molecule has 0 N–H and O–H groups in total. The van der Waals surface area contributed by atoms with Crippen LogP contribution < -0.4 is 0 Å². The summed E-state index contributed by atoms with van der Waals surface area (Å²) in [6.07, 6.45) is 5.35. The zero-order valence-electron chi connectivity index (χ0n) is 22.3. The molecule has 0 aliphatic heterocycles. The molecule has 36 heavy (non-hydrogen) atoms. The molecule has 0 aromatic carbocycles. The van der Waals surface area contributed by atoms with E-state index in [-0.39, 0.29) is 18.0 Å². The summed E-state index contributed by atoms with van der Waals surface area (Å²) in [4.78, 5) is 47.6. The van der Waals surface area contributed by atoms with Crippen molar-refractivity contribution in [2.45, 2.75) is 66.1 Å². The molecule has 0 unspecified atom stereocenters. The van der Waals surface area contributed by atoms with Gasteiger partial charge in [0, 0.05) is 18.9 Å². The Bertz CT molecular complexity index is 1050. The Morgan fingerprint density at radius 2 is 1.64 bits per heavy atom. The minimum absolute atomic E-state index is 0.0250. The lowest BCUT2D eigenvalue weighted by molar-refractivity contribution is -0.133. The summed E-state index contributed by atoms with van der Waals surface area (Å²) in [7, 11) is 1.29. The number of amides is 2. The van der Waals surface area contributed by atoms with Crippen molar-refractivity contribution in [3.05, 3.63) is 48.7 Å². The molecule has 0 saturated heterocycles. The molecular formula is C26H36N4O6. The van der Waals surface area contributed by atoms with E-state index in [1.807, 2.05) is 19.1 Å². The van der Waals surface area contributed by atoms with E-state index in [1.165, 1.54) is 7.11 Å². The number of nitrogens with zero attached hydrogens (tertiary/aromatic N) is 4. The van der Waals surface area contributed by atoms with Gasteiger partial charge in [0.15, 0.2) is 0 Å². The highest BCUT2D eigenvalue weighted by molar-refractivity contribution is 6.15. The zero-order valence-corrected chi connectivity index (χ0v) is 22.3. The van der Waals surface area contributed by atoms with Crippen LogP contribution in [0.5, 0.6) is 0 Å². The molecule has 10 nitrogen and oxygen atoms in total. The number of imide groups is 1. The van der Waals surface area contributed by atoms with Crippen LogP contribution in [-0.2, 0) is 19.0 Å². The Morgan fingerprint density at radius 1 is 1.03 bits per heavy atom. The normalized spacial score (nSPS) is 13.1.